The monoisotopic (exact) mass is 168 g/mol. The van der Waals surface area contributed by atoms with E-state index in [-0.39, 0.29) is 0 Å². The second kappa shape index (κ2) is 4.21. The van der Waals surface area contributed by atoms with Crippen LogP contribution in [0.5, 0.6) is 0 Å². The van der Waals surface area contributed by atoms with Crippen molar-refractivity contribution in [3.8, 4) is 0 Å². The number of halogens is 1. The van der Waals surface area contributed by atoms with Gasteiger partial charge in [0, 0.05) is 0 Å². The molecule has 12 heavy (non-hydrogen) atoms. The first-order valence-electron chi connectivity index (χ1n) is 4.11. The molecule has 0 radical (unpaired) electrons. The number of rotatable bonds is 3. The summed E-state index contributed by atoms with van der Waals surface area (Å²) in [6, 6.07) is 7.25. The molecular weight excluding hydrogens is 155 g/mol. The highest BCUT2D eigenvalue weighted by molar-refractivity contribution is 5.25. The average Bonchev–Trinajstić information content (AvgIpc) is 2.17. The standard InChI is InChI=1S/C10H13FO/c1-2-8-4-3-5-9(6-8)10(11)7-12/h3-6,10,12H,2,7H2,1H3. The van der Waals surface area contributed by atoms with Crippen LogP contribution in [0, 0.1) is 0 Å². The van der Waals surface area contributed by atoms with E-state index in [1.807, 2.05) is 19.1 Å². The van der Waals surface area contributed by atoms with E-state index in [0.29, 0.717) is 5.56 Å². The Bertz CT molecular complexity index is 247. The fourth-order valence-electron chi connectivity index (χ4n) is 1.11. The first-order valence-corrected chi connectivity index (χ1v) is 4.11. The quantitative estimate of drug-likeness (QED) is 0.734. The molecule has 66 valence electrons. The van der Waals surface area contributed by atoms with Crippen LogP contribution < -0.4 is 0 Å². The number of aliphatic hydroxyl groups excluding tert-OH is 1. The molecule has 0 aliphatic rings. The molecule has 0 aliphatic heterocycles. The van der Waals surface area contributed by atoms with Gasteiger partial charge >= 0.3 is 0 Å². The van der Waals surface area contributed by atoms with Crippen molar-refractivity contribution in [3.05, 3.63) is 35.4 Å². The largest absolute Gasteiger partial charge is 0.393 e. The Morgan fingerprint density at radius 2 is 2.25 bits per heavy atom. The van der Waals surface area contributed by atoms with Gasteiger partial charge in [0.1, 0.15) is 6.17 Å². The molecule has 1 rings (SSSR count). The molecule has 0 saturated carbocycles. The molecule has 2 heteroatoms. The summed E-state index contributed by atoms with van der Waals surface area (Å²) in [5.41, 5.74) is 1.67. The van der Waals surface area contributed by atoms with Crippen molar-refractivity contribution < 1.29 is 9.50 Å². The Hall–Kier alpha value is -0.890. The van der Waals surface area contributed by atoms with Crippen molar-refractivity contribution in [2.45, 2.75) is 19.5 Å². The predicted octanol–water partition coefficient (Wildman–Crippen LogP) is 2.25. The third-order valence-corrected chi connectivity index (χ3v) is 1.88. The highest BCUT2D eigenvalue weighted by atomic mass is 19.1. The molecule has 1 N–H and O–H groups in total. The molecule has 0 aliphatic carbocycles. The molecule has 1 aromatic rings. The third-order valence-electron chi connectivity index (χ3n) is 1.88. The van der Waals surface area contributed by atoms with Crippen LogP contribution in [-0.2, 0) is 6.42 Å². The van der Waals surface area contributed by atoms with E-state index in [4.69, 9.17) is 5.11 Å². The Morgan fingerprint density at radius 1 is 1.50 bits per heavy atom. The minimum Gasteiger partial charge on any atom is -0.393 e. The number of benzene rings is 1. The van der Waals surface area contributed by atoms with Crippen LogP contribution >= 0.6 is 0 Å². The van der Waals surface area contributed by atoms with Crippen LogP contribution in [0.15, 0.2) is 24.3 Å². The summed E-state index contributed by atoms with van der Waals surface area (Å²) in [6.07, 6.45) is -0.345. The summed E-state index contributed by atoms with van der Waals surface area (Å²) in [5, 5.41) is 8.58. The fourth-order valence-corrected chi connectivity index (χ4v) is 1.11. The number of hydrogen-bond acceptors (Lipinski definition) is 1. The van der Waals surface area contributed by atoms with Crippen molar-refractivity contribution in [2.75, 3.05) is 6.61 Å². The van der Waals surface area contributed by atoms with E-state index in [1.165, 1.54) is 0 Å². The molecule has 1 nitrogen and oxygen atoms in total. The number of aryl methyl sites for hydroxylation is 1. The number of alkyl halides is 1. The van der Waals surface area contributed by atoms with Gasteiger partial charge in [-0.15, -0.1) is 0 Å². The summed E-state index contributed by atoms with van der Waals surface area (Å²) in [7, 11) is 0. The highest BCUT2D eigenvalue weighted by Crippen LogP contribution is 2.17. The lowest BCUT2D eigenvalue weighted by Crippen LogP contribution is -1.97. The maximum Gasteiger partial charge on any atom is 0.148 e. The van der Waals surface area contributed by atoms with Crippen molar-refractivity contribution in [1.29, 1.82) is 0 Å². The van der Waals surface area contributed by atoms with Crippen LogP contribution in [0.1, 0.15) is 24.2 Å². The summed E-state index contributed by atoms with van der Waals surface area (Å²) >= 11 is 0. The predicted molar refractivity (Wildman–Crippen MR) is 46.8 cm³/mol. The van der Waals surface area contributed by atoms with Gasteiger partial charge in [0.2, 0.25) is 0 Å². The molecule has 0 spiro atoms. The molecule has 0 amide bonds. The molecule has 0 heterocycles. The second-order valence-corrected chi connectivity index (χ2v) is 2.75. The minimum atomic E-state index is -1.24. The molecule has 1 aromatic carbocycles. The lowest BCUT2D eigenvalue weighted by Gasteiger charge is -2.05. The summed E-state index contributed by atoms with van der Waals surface area (Å²) < 4.78 is 12.9. The summed E-state index contributed by atoms with van der Waals surface area (Å²) in [6.45, 7) is 1.58. The highest BCUT2D eigenvalue weighted by Gasteiger charge is 2.07. The lowest BCUT2D eigenvalue weighted by molar-refractivity contribution is 0.180. The maximum absolute atomic E-state index is 12.9. The molecule has 0 saturated heterocycles. The molecule has 1 unspecified atom stereocenters. The SMILES string of the molecule is CCc1cccc(C(F)CO)c1. The zero-order valence-corrected chi connectivity index (χ0v) is 7.13. The van der Waals surface area contributed by atoms with Gasteiger partial charge in [-0.25, -0.2) is 4.39 Å². The Kier molecular flexibility index (Phi) is 3.23. The van der Waals surface area contributed by atoms with E-state index < -0.39 is 12.8 Å². The zero-order valence-electron chi connectivity index (χ0n) is 7.13. The second-order valence-electron chi connectivity index (χ2n) is 2.75. The summed E-state index contributed by atoms with van der Waals surface area (Å²) in [5.74, 6) is 0. The van der Waals surface area contributed by atoms with Crippen LogP contribution in [0.3, 0.4) is 0 Å². The normalized spacial score (nSPS) is 12.9. The van der Waals surface area contributed by atoms with E-state index in [1.54, 1.807) is 12.1 Å². The van der Waals surface area contributed by atoms with Gasteiger partial charge in [-0.1, -0.05) is 31.2 Å². The first kappa shape index (κ1) is 9.20. The molecule has 1 atom stereocenters. The molecule has 0 aromatic heterocycles. The summed E-state index contributed by atoms with van der Waals surface area (Å²) in [4.78, 5) is 0. The molecule has 0 bridgehead atoms. The van der Waals surface area contributed by atoms with E-state index in [0.717, 1.165) is 12.0 Å². The third kappa shape index (κ3) is 2.05. The molecule has 0 fully saturated rings. The van der Waals surface area contributed by atoms with Gasteiger partial charge in [0.15, 0.2) is 0 Å². The number of hydrogen-bond donors (Lipinski definition) is 1. The van der Waals surface area contributed by atoms with Crippen LogP contribution in [0.25, 0.3) is 0 Å². The van der Waals surface area contributed by atoms with Crippen molar-refractivity contribution in [2.24, 2.45) is 0 Å². The van der Waals surface area contributed by atoms with E-state index in [9.17, 15) is 4.39 Å². The van der Waals surface area contributed by atoms with Crippen molar-refractivity contribution >= 4 is 0 Å². The Morgan fingerprint density at radius 3 is 2.83 bits per heavy atom. The van der Waals surface area contributed by atoms with E-state index >= 15 is 0 Å². The van der Waals surface area contributed by atoms with Gasteiger partial charge in [0.05, 0.1) is 6.61 Å². The van der Waals surface area contributed by atoms with Crippen molar-refractivity contribution in [3.63, 3.8) is 0 Å². The fraction of sp³-hybridized carbons (Fsp3) is 0.400. The Labute approximate surface area is 71.9 Å². The van der Waals surface area contributed by atoms with Crippen LogP contribution in [-0.4, -0.2) is 11.7 Å². The topological polar surface area (TPSA) is 20.2 Å². The maximum atomic E-state index is 12.9. The van der Waals surface area contributed by atoms with Crippen LogP contribution in [0.4, 0.5) is 4.39 Å². The first-order chi connectivity index (χ1) is 5.77. The number of aliphatic hydroxyl groups is 1. The smallest absolute Gasteiger partial charge is 0.148 e. The van der Waals surface area contributed by atoms with Gasteiger partial charge in [0.25, 0.3) is 0 Å². The Balaban J connectivity index is 2.86. The van der Waals surface area contributed by atoms with Crippen LogP contribution in [0.2, 0.25) is 0 Å². The average molecular weight is 168 g/mol. The molecular formula is C10H13FO. The van der Waals surface area contributed by atoms with Gasteiger partial charge in [-0.2, -0.15) is 0 Å². The van der Waals surface area contributed by atoms with Gasteiger partial charge in [-0.05, 0) is 17.5 Å². The lowest BCUT2D eigenvalue weighted by atomic mass is 10.1. The van der Waals surface area contributed by atoms with Crippen molar-refractivity contribution in [1.82, 2.24) is 0 Å². The van der Waals surface area contributed by atoms with E-state index in [2.05, 4.69) is 0 Å². The van der Waals surface area contributed by atoms with Gasteiger partial charge in [-0.3, -0.25) is 0 Å². The minimum absolute atomic E-state index is 0.437. The zero-order chi connectivity index (χ0) is 8.97. The van der Waals surface area contributed by atoms with Gasteiger partial charge < -0.3 is 5.11 Å².